The maximum Gasteiger partial charge on any atom is 0.260 e. The van der Waals surface area contributed by atoms with Crippen LogP contribution in [0, 0.1) is 0 Å². The number of amides is 1. The Kier molecular flexibility index (Phi) is 7.14. The van der Waals surface area contributed by atoms with Crippen molar-refractivity contribution in [1.29, 1.82) is 0 Å². The minimum Gasteiger partial charge on any atom is -0.497 e. The summed E-state index contributed by atoms with van der Waals surface area (Å²) in [5.74, 6) is 2.55. The maximum atomic E-state index is 12.2. The van der Waals surface area contributed by atoms with E-state index in [0.29, 0.717) is 30.2 Å². The molecule has 0 aromatic heterocycles. The molecule has 6 nitrogen and oxygen atoms in total. The molecule has 0 aliphatic rings. The smallest absolute Gasteiger partial charge is 0.260 e. The number of methoxy groups -OCH3 is 3. The van der Waals surface area contributed by atoms with Crippen LogP contribution in [-0.4, -0.2) is 39.9 Å². The molecule has 26 heavy (non-hydrogen) atoms. The van der Waals surface area contributed by atoms with Gasteiger partial charge in [-0.25, -0.2) is 0 Å². The fourth-order valence-corrected chi connectivity index (χ4v) is 2.42. The second-order valence-corrected chi connectivity index (χ2v) is 5.67. The maximum absolute atomic E-state index is 12.2. The lowest BCUT2D eigenvalue weighted by molar-refractivity contribution is -0.127. The monoisotopic (exact) mass is 359 g/mol. The van der Waals surface area contributed by atoms with E-state index in [9.17, 15) is 4.79 Å². The van der Waals surface area contributed by atoms with Gasteiger partial charge in [0.15, 0.2) is 17.6 Å². The number of hydrogen-bond acceptors (Lipinski definition) is 5. The van der Waals surface area contributed by atoms with Gasteiger partial charge in [0.1, 0.15) is 11.5 Å². The molecule has 1 atom stereocenters. The van der Waals surface area contributed by atoms with Gasteiger partial charge in [0.05, 0.1) is 21.3 Å². The lowest BCUT2D eigenvalue weighted by Gasteiger charge is -2.15. The highest BCUT2D eigenvalue weighted by molar-refractivity contribution is 5.80. The van der Waals surface area contributed by atoms with Crippen LogP contribution in [0.25, 0.3) is 0 Å². The lowest BCUT2D eigenvalue weighted by atomic mass is 10.1. The van der Waals surface area contributed by atoms with Crippen LogP contribution in [0.5, 0.6) is 23.0 Å². The molecule has 1 amide bonds. The minimum absolute atomic E-state index is 0.165. The van der Waals surface area contributed by atoms with Gasteiger partial charge >= 0.3 is 0 Å². The molecule has 2 rings (SSSR count). The molecule has 0 spiro atoms. The molecular weight excluding hydrogens is 334 g/mol. The first-order valence-corrected chi connectivity index (χ1v) is 8.36. The number of nitrogens with one attached hydrogen (secondary N) is 1. The molecule has 0 radical (unpaired) electrons. The van der Waals surface area contributed by atoms with Crippen LogP contribution in [0.1, 0.15) is 12.5 Å². The molecule has 0 saturated heterocycles. The summed E-state index contributed by atoms with van der Waals surface area (Å²) in [7, 11) is 4.80. The fourth-order valence-electron chi connectivity index (χ4n) is 2.42. The van der Waals surface area contributed by atoms with E-state index in [2.05, 4.69) is 5.32 Å². The molecule has 0 aliphatic heterocycles. The highest BCUT2D eigenvalue weighted by atomic mass is 16.5. The zero-order valence-electron chi connectivity index (χ0n) is 15.6. The molecule has 0 bridgehead atoms. The van der Waals surface area contributed by atoms with E-state index >= 15 is 0 Å². The third-order valence-corrected chi connectivity index (χ3v) is 3.90. The normalized spacial score (nSPS) is 11.4. The molecule has 0 heterocycles. The predicted molar refractivity (Wildman–Crippen MR) is 99.3 cm³/mol. The number of carbonyl (C=O) groups excluding carboxylic acids is 1. The SMILES string of the molecule is COc1ccc(OC(C)C(=O)NCCc2ccc(OC)c(OC)c2)cc1. The minimum atomic E-state index is -0.589. The van der Waals surface area contributed by atoms with Crippen molar-refractivity contribution in [2.45, 2.75) is 19.4 Å². The number of benzene rings is 2. The van der Waals surface area contributed by atoms with Gasteiger partial charge in [-0.15, -0.1) is 0 Å². The van der Waals surface area contributed by atoms with Crippen LogP contribution in [0.15, 0.2) is 42.5 Å². The number of carbonyl (C=O) groups is 1. The van der Waals surface area contributed by atoms with E-state index in [-0.39, 0.29) is 5.91 Å². The Morgan fingerprint density at radius 1 is 0.923 bits per heavy atom. The van der Waals surface area contributed by atoms with Crippen molar-refractivity contribution in [3.05, 3.63) is 48.0 Å². The van der Waals surface area contributed by atoms with Crippen molar-refractivity contribution in [1.82, 2.24) is 5.32 Å². The Morgan fingerprint density at radius 2 is 1.58 bits per heavy atom. The van der Waals surface area contributed by atoms with E-state index in [1.54, 1.807) is 52.5 Å². The first-order valence-electron chi connectivity index (χ1n) is 8.36. The Hall–Kier alpha value is -2.89. The highest BCUT2D eigenvalue weighted by Gasteiger charge is 2.14. The molecule has 2 aromatic carbocycles. The average molecular weight is 359 g/mol. The van der Waals surface area contributed by atoms with Gasteiger partial charge in [-0.1, -0.05) is 6.07 Å². The highest BCUT2D eigenvalue weighted by Crippen LogP contribution is 2.27. The second kappa shape index (κ2) is 9.56. The summed E-state index contributed by atoms with van der Waals surface area (Å²) in [5.41, 5.74) is 1.05. The summed E-state index contributed by atoms with van der Waals surface area (Å²) in [6.07, 6.45) is 0.0928. The standard InChI is InChI=1S/C20H25NO5/c1-14(26-17-8-6-16(23-2)7-9-17)20(22)21-12-11-15-5-10-18(24-3)19(13-15)25-4/h5-10,13-14H,11-12H2,1-4H3,(H,21,22). The zero-order valence-corrected chi connectivity index (χ0v) is 15.6. The molecular formula is C20H25NO5. The number of ether oxygens (including phenoxy) is 4. The summed E-state index contributed by atoms with van der Waals surface area (Å²) in [4.78, 5) is 12.2. The van der Waals surface area contributed by atoms with Crippen LogP contribution in [0.4, 0.5) is 0 Å². The Bertz CT molecular complexity index is 715. The molecule has 6 heteroatoms. The van der Waals surface area contributed by atoms with Crippen LogP contribution < -0.4 is 24.3 Å². The van der Waals surface area contributed by atoms with Crippen molar-refractivity contribution in [2.75, 3.05) is 27.9 Å². The summed E-state index contributed by atoms with van der Waals surface area (Å²) in [5, 5.41) is 2.88. The summed E-state index contributed by atoms with van der Waals surface area (Å²) in [6, 6.07) is 12.8. The molecule has 2 aromatic rings. The molecule has 1 N–H and O–H groups in total. The van der Waals surface area contributed by atoms with Crippen LogP contribution in [-0.2, 0) is 11.2 Å². The van der Waals surface area contributed by atoms with Gasteiger partial charge in [-0.05, 0) is 55.3 Å². The Balaban J connectivity index is 1.82. The molecule has 0 saturated carbocycles. The van der Waals surface area contributed by atoms with Gasteiger partial charge in [-0.2, -0.15) is 0 Å². The van der Waals surface area contributed by atoms with Crippen molar-refractivity contribution in [3.63, 3.8) is 0 Å². The van der Waals surface area contributed by atoms with Gasteiger partial charge in [-0.3, -0.25) is 4.79 Å². The topological polar surface area (TPSA) is 66.0 Å². The van der Waals surface area contributed by atoms with Gasteiger partial charge in [0, 0.05) is 6.54 Å². The first kappa shape index (κ1) is 19.4. The largest absolute Gasteiger partial charge is 0.497 e. The van der Waals surface area contributed by atoms with Gasteiger partial charge in [0.25, 0.3) is 5.91 Å². The Labute approximate surface area is 154 Å². The molecule has 1 unspecified atom stereocenters. The van der Waals surface area contributed by atoms with E-state index in [4.69, 9.17) is 18.9 Å². The van der Waals surface area contributed by atoms with E-state index in [1.165, 1.54) is 0 Å². The van der Waals surface area contributed by atoms with Crippen LogP contribution >= 0.6 is 0 Å². The lowest BCUT2D eigenvalue weighted by Crippen LogP contribution is -2.37. The summed E-state index contributed by atoms with van der Waals surface area (Å²) < 4.78 is 21.2. The fraction of sp³-hybridized carbons (Fsp3) is 0.350. The first-order chi connectivity index (χ1) is 12.6. The summed E-state index contributed by atoms with van der Waals surface area (Å²) >= 11 is 0. The van der Waals surface area contributed by atoms with Gasteiger partial charge < -0.3 is 24.3 Å². The molecule has 0 aliphatic carbocycles. The average Bonchev–Trinajstić information content (AvgIpc) is 2.68. The van der Waals surface area contributed by atoms with E-state index < -0.39 is 6.10 Å². The molecule has 140 valence electrons. The van der Waals surface area contributed by atoms with Crippen molar-refractivity contribution in [2.24, 2.45) is 0 Å². The quantitative estimate of drug-likeness (QED) is 0.746. The van der Waals surface area contributed by atoms with Gasteiger partial charge in [0.2, 0.25) is 0 Å². The zero-order chi connectivity index (χ0) is 18.9. The second-order valence-electron chi connectivity index (χ2n) is 5.67. The van der Waals surface area contributed by atoms with Crippen molar-refractivity contribution < 1.29 is 23.7 Å². The third-order valence-electron chi connectivity index (χ3n) is 3.90. The number of rotatable bonds is 9. The van der Waals surface area contributed by atoms with Crippen LogP contribution in [0.3, 0.4) is 0 Å². The number of hydrogen-bond donors (Lipinski definition) is 1. The summed E-state index contributed by atoms with van der Waals surface area (Å²) in [6.45, 7) is 2.22. The molecule has 0 fully saturated rings. The van der Waals surface area contributed by atoms with Crippen LogP contribution in [0.2, 0.25) is 0 Å². The van der Waals surface area contributed by atoms with Crippen molar-refractivity contribution in [3.8, 4) is 23.0 Å². The third kappa shape index (κ3) is 5.31. The Morgan fingerprint density at radius 3 is 2.19 bits per heavy atom. The van der Waals surface area contributed by atoms with E-state index in [1.807, 2.05) is 18.2 Å². The predicted octanol–water partition coefficient (Wildman–Crippen LogP) is 2.84. The van der Waals surface area contributed by atoms with E-state index in [0.717, 1.165) is 11.3 Å². The van der Waals surface area contributed by atoms with Crippen molar-refractivity contribution >= 4 is 5.91 Å².